The molecule has 0 atom stereocenters. The van der Waals surface area contributed by atoms with E-state index in [-0.39, 0.29) is 0 Å². The number of likely N-dealkylation sites (N-methyl/N-ethyl adjacent to an activating group) is 1. The molecule has 0 aliphatic heterocycles. The number of aliphatic imine (C=N–C) groups is 1. The van der Waals surface area contributed by atoms with Gasteiger partial charge in [-0.15, -0.1) is 0 Å². The predicted molar refractivity (Wildman–Crippen MR) is 66.3 cm³/mol. The molecule has 0 bridgehead atoms. The number of rotatable bonds is 6. The van der Waals surface area contributed by atoms with Crippen molar-refractivity contribution in [3.05, 3.63) is 0 Å². The molecule has 1 rings (SSSR count). The van der Waals surface area contributed by atoms with Gasteiger partial charge in [0.15, 0.2) is 0 Å². The number of hydrogen-bond donors (Lipinski definition) is 1. The monoisotopic (exact) mass is 211 g/mol. The van der Waals surface area contributed by atoms with Gasteiger partial charge in [-0.3, -0.25) is 4.99 Å². The Hall–Kier alpha value is -0.570. The smallest absolute Gasteiger partial charge is 0.0937 e. The molecule has 3 nitrogen and oxygen atoms in total. The largest absolute Gasteiger partial charge is 0.387 e. The molecule has 0 saturated heterocycles. The van der Waals surface area contributed by atoms with E-state index in [4.69, 9.17) is 5.73 Å². The molecule has 0 aromatic heterocycles. The van der Waals surface area contributed by atoms with Gasteiger partial charge >= 0.3 is 0 Å². The molecular formula is C12H25N3. The van der Waals surface area contributed by atoms with Gasteiger partial charge in [0.1, 0.15) is 0 Å². The van der Waals surface area contributed by atoms with Crippen LogP contribution in [0.25, 0.3) is 0 Å². The molecule has 1 aliphatic carbocycles. The Morgan fingerprint density at radius 3 is 2.67 bits per heavy atom. The molecule has 2 N–H and O–H groups in total. The third-order valence-corrected chi connectivity index (χ3v) is 3.22. The Morgan fingerprint density at radius 1 is 1.40 bits per heavy atom. The zero-order chi connectivity index (χ0) is 11.1. The first kappa shape index (κ1) is 12.5. The van der Waals surface area contributed by atoms with Crippen molar-refractivity contribution in [2.75, 3.05) is 20.1 Å². The van der Waals surface area contributed by atoms with Crippen LogP contribution in [-0.2, 0) is 0 Å². The quantitative estimate of drug-likeness (QED) is 0.539. The first-order chi connectivity index (χ1) is 7.24. The lowest BCUT2D eigenvalue weighted by Crippen LogP contribution is -2.31. The summed E-state index contributed by atoms with van der Waals surface area (Å²) in [4.78, 5) is 6.82. The fraction of sp³-hybridized carbons (Fsp3) is 0.917. The van der Waals surface area contributed by atoms with Crippen molar-refractivity contribution in [2.24, 2.45) is 10.7 Å². The highest BCUT2D eigenvalue weighted by atomic mass is 15.1. The number of nitrogens with two attached hydrogens (primary N) is 1. The van der Waals surface area contributed by atoms with Gasteiger partial charge < -0.3 is 10.6 Å². The summed E-state index contributed by atoms with van der Waals surface area (Å²) >= 11 is 0. The maximum absolute atomic E-state index is 5.76. The third-order valence-electron chi connectivity index (χ3n) is 3.22. The van der Waals surface area contributed by atoms with Crippen LogP contribution in [0.2, 0.25) is 0 Å². The van der Waals surface area contributed by atoms with Crippen LogP contribution in [0, 0.1) is 0 Å². The fourth-order valence-corrected chi connectivity index (χ4v) is 2.21. The van der Waals surface area contributed by atoms with Crippen LogP contribution >= 0.6 is 0 Å². The Kier molecular flexibility index (Phi) is 5.69. The molecule has 3 heteroatoms. The van der Waals surface area contributed by atoms with E-state index >= 15 is 0 Å². The topological polar surface area (TPSA) is 41.6 Å². The zero-order valence-corrected chi connectivity index (χ0v) is 10.2. The van der Waals surface area contributed by atoms with Crippen LogP contribution in [0.1, 0.15) is 45.4 Å². The summed E-state index contributed by atoms with van der Waals surface area (Å²) in [6.07, 6.45) is 7.56. The van der Waals surface area contributed by atoms with E-state index in [0.29, 0.717) is 0 Å². The number of amidine groups is 1. The SMILES string of the molecule is CCCC(N)=NCCN(C)C1CCCC1. The molecule has 0 aromatic carbocycles. The van der Waals surface area contributed by atoms with Crippen LogP contribution in [0.5, 0.6) is 0 Å². The van der Waals surface area contributed by atoms with Gasteiger partial charge in [0.2, 0.25) is 0 Å². The van der Waals surface area contributed by atoms with Crippen molar-refractivity contribution in [2.45, 2.75) is 51.5 Å². The Morgan fingerprint density at radius 2 is 2.07 bits per heavy atom. The number of hydrogen-bond acceptors (Lipinski definition) is 2. The predicted octanol–water partition coefficient (Wildman–Crippen LogP) is 2.02. The molecule has 0 unspecified atom stereocenters. The van der Waals surface area contributed by atoms with Gasteiger partial charge in [0, 0.05) is 19.0 Å². The molecule has 0 aromatic rings. The molecule has 0 spiro atoms. The normalized spacial score (nSPS) is 19.0. The van der Waals surface area contributed by atoms with Crippen LogP contribution in [-0.4, -0.2) is 36.9 Å². The molecule has 88 valence electrons. The van der Waals surface area contributed by atoms with Crippen molar-refractivity contribution in [3.8, 4) is 0 Å². The average molecular weight is 211 g/mol. The lowest BCUT2D eigenvalue weighted by atomic mass is 10.2. The lowest BCUT2D eigenvalue weighted by molar-refractivity contribution is 0.252. The average Bonchev–Trinajstić information content (AvgIpc) is 2.70. The Labute approximate surface area is 93.7 Å². The van der Waals surface area contributed by atoms with Gasteiger partial charge in [-0.25, -0.2) is 0 Å². The second kappa shape index (κ2) is 6.83. The van der Waals surface area contributed by atoms with E-state index < -0.39 is 0 Å². The van der Waals surface area contributed by atoms with Gasteiger partial charge in [-0.2, -0.15) is 0 Å². The van der Waals surface area contributed by atoms with Crippen molar-refractivity contribution >= 4 is 5.84 Å². The van der Waals surface area contributed by atoms with E-state index in [1.54, 1.807) is 0 Å². The maximum atomic E-state index is 5.76. The molecule has 1 aliphatic rings. The third kappa shape index (κ3) is 4.65. The fourth-order valence-electron chi connectivity index (χ4n) is 2.21. The molecule has 0 radical (unpaired) electrons. The van der Waals surface area contributed by atoms with Crippen LogP contribution < -0.4 is 5.73 Å². The molecule has 0 amide bonds. The highest BCUT2D eigenvalue weighted by molar-refractivity contribution is 5.80. The van der Waals surface area contributed by atoms with Crippen molar-refractivity contribution in [3.63, 3.8) is 0 Å². The van der Waals surface area contributed by atoms with Crippen LogP contribution in [0.3, 0.4) is 0 Å². The maximum Gasteiger partial charge on any atom is 0.0937 e. The van der Waals surface area contributed by atoms with Gasteiger partial charge in [0.25, 0.3) is 0 Å². The molecular weight excluding hydrogens is 186 g/mol. The van der Waals surface area contributed by atoms with E-state index in [2.05, 4.69) is 23.9 Å². The summed E-state index contributed by atoms with van der Waals surface area (Å²) in [5, 5.41) is 0. The van der Waals surface area contributed by atoms with Crippen molar-refractivity contribution in [1.82, 2.24) is 4.90 Å². The summed E-state index contributed by atoms with van der Waals surface area (Å²) in [7, 11) is 2.21. The van der Waals surface area contributed by atoms with E-state index in [0.717, 1.165) is 37.8 Å². The Balaban J connectivity index is 2.15. The van der Waals surface area contributed by atoms with Gasteiger partial charge in [-0.05, 0) is 26.3 Å². The minimum atomic E-state index is 0.799. The summed E-state index contributed by atoms with van der Waals surface area (Å²) in [6, 6.07) is 0.799. The summed E-state index contributed by atoms with van der Waals surface area (Å²) in [6.45, 7) is 4.04. The van der Waals surface area contributed by atoms with Gasteiger partial charge in [0.05, 0.1) is 12.4 Å². The second-order valence-corrected chi connectivity index (χ2v) is 4.54. The summed E-state index contributed by atoms with van der Waals surface area (Å²) in [5.74, 6) is 0.817. The zero-order valence-electron chi connectivity index (χ0n) is 10.2. The summed E-state index contributed by atoms with van der Waals surface area (Å²) in [5.41, 5.74) is 5.76. The van der Waals surface area contributed by atoms with E-state index in [1.165, 1.54) is 25.7 Å². The first-order valence-corrected chi connectivity index (χ1v) is 6.23. The van der Waals surface area contributed by atoms with E-state index in [1.807, 2.05) is 0 Å². The second-order valence-electron chi connectivity index (χ2n) is 4.54. The van der Waals surface area contributed by atoms with Gasteiger partial charge in [-0.1, -0.05) is 19.8 Å². The van der Waals surface area contributed by atoms with Crippen molar-refractivity contribution in [1.29, 1.82) is 0 Å². The molecule has 0 heterocycles. The van der Waals surface area contributed by atoms with E-state index in [9.17, 15) is 0 Å². The first-order valence-electron chi connectivity index (χ1n) is 6.23. The standard InChI is InChI=1S/C12H25N3/c1-3-6-12(13)14-9-10-15(2)11-7-4-5-8-11/h11H,3-10H2,1-2H3,(H2,13,14). The van der Waals surface area contributed by atoms with Crippen LogP contribution in [0.15, 0.2) is 4.99 Å². The minimum absolute atomic E-state index is 0.799. The highest BCUT2D eigenvalue weighted by Gasteiger charge is 2.18. The van der Waals surface area contributed by atoms with Crippen molar-refractivity contribution < 1.29 is 0 Å². The molecule has 1 fully saturated rings. The highest BCUT2D eigenvalue weighted by Crippen LogP contribution is 2.21. The number of nitrogens with zero attached hydrogens (tertiary/aromatic N) is 2. The lowest BCUT2D eigenvalue weighted by Gasteiger charge is -2.22. The summed E-state index contributed by atoms with van der Waals surface area (Å²) < 4.78 is 0. The minimum Gasteiger partial charge on any atom is -0.387 e. The van der Waals surface area contributed by atoms with Crippen LogP contribution in [0.4, 0.5) is 0 Å². The molecule has 1 saturated carbocycles. The Bertz CT molecular complexity index is 195. The molecule has 15 heavy (non-hydrogen) atoms.